The fraction of sp³-hybridized carbons (Fsp3) is 0.619. The van der Waals surface area contributed by atoms with Crippen LogP contribution in [0.5, 0.6) is 0 Å². The summed E-state index contributed by atoms with van der Waals surface area (Å²) in [7, 11) is 0. The molecule has 7 heteroatoms. The van der Waals surface area contributed by atoms with Crippen molar-refractivity contribution >= 4 is 11.8 Å². The molecule has 154 valence electrons. The zero-order valence-corrected chi connectivity index (χ0v) is 15.9. The van der Waals surface area contributed by atoms with Crippen LogP contribution in [0.1, 0.15) is 68.5 Å². The van der Waals surface area contributed by atoms with Crippen LogP contribution in [-0.4, -0.2) is 29.8 Å². The molecule has 0 bridgehead atoms. The molecule has 1 N–H and O–H groups in total. The predicted molar refractivity (Wildman–Crippen MR) is 99.3 cm³/mol. The molecule has 1 aliphatic carbocycles. The molecular formula is C21H27F3N2O2. The molecule has 1 aromatic rings. The first kappa shape index (κ1) is 20.7. The smallest absolute Gasteiger partial charge is 0.348 e. The van der Waals surface area contributed by atoms with E-state index in [4.69, 9.17) is 0 Å². The molecule has 1 unspecified atom stereocenters. The first-order valence-corrected chi connectivity index (χ1v) is 10.1. The van der Waals surface area contributed by atoms with Crippen LogP contribution in [0.4, 0.5) is 13.2 Å². The molecule has 28 heavy (non-hydrogen) atoms. The summed E-state index contributed by atoms with van der Waals surface area (Å²) >= 11 is 0. The van der Waals surface area contributed by atoms with Crippen LogP contribution in [-0.2, 0) is 15.8 Å². The summed E-state index contributed by atoms with van der Waals surface area (Å²) in [5.41, 5.74) is -0.369. The van der Waals surface area contributed by atoms with Gasteiger partial charge in [-0.25, -0.2) is 0 Å². The maximum Gasteiger partial charge on any atom is 0.416 e. The van der Waals surface area contributed by atoms with Crippen LogP contribution < -0.4 is 5.32 Å². The summed E-state index contributed by atoms with van der Waals surface area (Å²) in [5, 5.41) is 2.88. The Morgan fingerprint density at radius 2 is 1.96 bits per heavy atom. The second kappa shape index (κ2) is 8.97. The zero-order valence-electron chi connectivity index (χ0n) is 15.9. The number of benzene rings is 1. The second-order valence-corrected chi connectivity index (χ2v) is 7.88. The lowest BCUT2D eigenvalue weighted by Gasteiger charge is -2.26. The first-order chi connectivity index (χ1) is 13.3. The van der Waals surface area contributed by atoms with Crippen molar-refractivity contribution in [2.24, 2.45) is 5.92 Å². The quantitative estimate of drug-likeness (QED) is 0.740. The Hall–Kier alpha value is -2.05. The average Bonchev–Trinajstić information content (AvgIpc) is 3.31. The van der Waals surface area contributed by atoms with Gasteiger partial charge in [-0.3, -0.25) is 9.59 Å². The van der Waals surface area contributed by atoms with E-state index in [9.17, 15) is 22.8 Å². The number of hydrogen-bond donors (Lipinski definition) is 1. The molecule has 1 aliphatic heterocycles. The van der Waals surface area contributed by atoms with E-state index in [0.29, 0.717) is 30.9 Å². The highest BCUT2D eigenvalue weighted by molar-refractivity contribution is 5.79. The molecule has 3 rings (SSSR count). The molecule has 0 spiro atoms. The number of rotatable bonds is 7. The molecule has 4 nitrogen and oxygen atoms in total. The maximum absolute atomic E-state index is 13.1. The maximum atomic E-state index is 13.1. The minimum atomic E-state index is -4.45. The Balaban J connectivity index is 1.71. The number of carbonyl (C=O) groups excluding carboxylic acids is 2. The normalized spacial score (nSPS) is 19.2. The number of halogens is 3. The molecule has 2 aliphatic rings. The van der Waals surface area contributed by atoms with Crippen molar-refractivity contribution < 1.29 is 22.8 Å². The van der Waals surface area contributed by atoms with Gasteiger partial charge in [0, 0.05) is 25.9 Å². The van der Waals surface area contributed by atoms with Crippen LogP contribution in [0.3, 0.4) is 0 Å². The second-order valence-electron chi connectivity index (χ2n) is 7.88. The highest BCUT2D eigenvalue weighted by atomic mass is 19.4. The molecule has 0 radical (unpaired) electrons. The van der Waals surface area contributed by atoms with Crippen molar-refractivity contribution in [3.8, 4) is 0 Å². The molecule has 1 atom stereocenters. The summed E-state index contributed by atoms with van der Waals surface area (Å²) in [6.07, 6.45) is 2.62. The van der Waals surface area contributed by atoms with Crippen LogP contribution in [0, 0.1) is 5.92 Å². The van der Waals surface area contributed by atoms with E-state index in [1.165, 1.54) is 18.9 Å². The largest absolute Gasteiger partial charge is 0.416 e. The number of alkyl halides is 3. The monoisotopic (exact) mass is 396 g/mol. The van der Waals surface area contributed by atoms with E-state index in [1.807, 2.05) is 0 Å². The van der Waals surface area contributed by atoms with Gasteiger partial charge < -0.3 is 10.2 Å². The van der Waals surface area contributed by atoms with E-state index in [1.54, 1.807) is 11.0 Å². The lowest BCUT2D eigenvalue weighted by molar-refractivity contribution is -0.137. The van der Waals surface area contributed by atoms with Crippen molar-refractivity contribution in [3.63, 3.8) is 0 Å². The number of carbonyl (C=O) groups is 2. The van der Waals surface area contributed by atoms with Gasteiger partial charge in [0.1, 0.15) is 0 Å². The number of nitrogens with zero attached hydrogens (tertiary/aromatic N) is 1. The van der Waals surface area contributed by atoms with Gasteiger partial charge in [-0.2, -0.15) is 13.2 Å². The van der Waals surface area contributed by atoms with Crippen LogP contribution in [0.2, 0.25) is 0 Å². The Morgan fingerprint density at radius 3 is 2.61 bits per heavy atom. The van der Waals surface area contributed by atoms with E-state index in [2.05, 4.69) is 5.32 Å². The Morgan fingerprint density at radius 1 is 1.21 bits per heavy atom. The molecule has 1 saturated heterocycles. The molecule has 0 aromatic heterocycles. The van der Waals surface area contributed by atoms with Gasteiger partial charge in [0.25, 0.3) is 0 Å². The van der Waals surface area contributed by atoms with Gasteiger partial charge in [-0.1, -0.05) is 37.8 Å². The van der Waals surface area contributed by atoms with E-state index in [-0.39, 0.29) is 18.4 Å². The van der Waals surface area contributed by atoms with Gasteiger partial charge >= 0.3 is 6.18 Å². The molecule has 1 saturated carbocycles. The Labute approximate surface area is 163 Å². The summed E-state index contributed by atoms with van der Waals surface area (Å²) < 4.78 is 39.3. The van der Waals surface area contributed by atoms with Crippen LogP contribution in [0.15, 0.2) is 24.3 Å². The third-order valence-corrected chi connectivity index (χ3v) is 5.78. The average molecular weight is 396 g/mol. The lowest BCUT2D eigenvalue weighted by Crippen LogP contribution is -2.38. The van der Waals surface area contributed by atoms with Crippen molar-refractivity contribution in [3.05, 3.63) is 35.4 Å². The highest BCUT2D eigenvalue weighted by Crippen LogP contribution is 2.32. The minimum absolute atomic E-state index is 0.0165. The number of hydrogen-bond acceptors (Lipinski definition) is 2. The third-order valence-electron chi connectivity index (χ3n) is 5.78. The van der Waals surface area contributed by atoms with Crippen molar-refractivity contribution in [2.75, 3.05) is 13.1 Å². The van der Waals surface area contributed by atoms with E-state index >= 15 is 0 Å². The molecule has 2 fully saturated rings. The minimum Gasteiger partial charge on any atom is -0.348 e. The molecule has 1 aromatic carbocycles. The van der Waals surface area contributed by atoms with Crippen LogP contribution in [0.25, 0.3) is 0 Å². The fourth-order valence-electron chi connectivity index (χ4n) is 4.18. The predicted octanol–water partition coefficient (Wildman–Crippen LogP) is 4.46. The number of nitrogens with one attached hydrogen (secondary N) is 1. The van der Waals surface area contributed by atoms with Gasteiger partial charge in [0.15, 0.2) is 0 Å². The Bertz CT molecular complexity index is 699. The van der Waals surface area contributed by atoms with Crippen LogP contribution >= 0.6 is 0 Å². The fourth-order valence-corrected chi connectivity index (χ4v) is 4.18. The summed E-state index contributed by atoms with van der Waals surface area (Å²) in [6, 6.07) is 4.38. The standard InChI is InChI=1S/C21H27F3N2O2/c22-21(23,24)17-8-3-7-16(13-17)18(14-26-12-4-9-20(26)28)25-19(27)11-10-15-5-1-2-6-15/h3,7-8,13,15,18H,1-2,4-6,9-12,14H2,(H,25,27). The van der Waals surface area contributed by atoms with Crippen molar-refractivity contribution in [2.45, 2.75) is 63.6 Å². The topological polar surface area (TPSA) is 49.4 Å². The van der Waals surface area contributed by atoms with Gasteiger partial charge in [-0.15, -0.1) is 0 Å². The zero-order chi connectivity index (χ0) is 20.1. The van der Waals surface area contributed by atoms with E-state index < -0.39 is 17.8 Å². The first-order valence-electron chi connectivity index (χ1n) is 10.1. The summed E-state index contributed by atoms with van der Waals surface area (Å²) in [5.74, 6) is 0.385. The van der Waals surface area contributed by atoms with Gasteiger partial charge in [0.2, 0.25) is 11.8 Å². The summed E-state index contributed by atoms with van der Waals surface area (Å²) in [4.78, 5) is 26.1. The lowest BCUT2D eigenvalue weighted by atomic mass is 10.00. The van der Waals surface area contributed by atoms with E-state index in [0.717, 1.165) is 37.8 Å². The molecule has 2 amide bonds. The SMILES string of the molecule is O=C(CCC1CCCC1)NC(CN1CCCC1=O)c1cccc(C(F)(F)F)c1. The Kier molecular flexibility index (Phi) is 6.62. The van der Waals surface area contributed by atoms with Crippen molar-refractivity contribution in [1.29, 1.82) is 0 Å². The number of likely N-dealkylation sites (tertiary alicyclic amines) is 1. The van der Waals surface area contributed by atoms with Gasteiger partial charge in [-0.05, 0) is 36.5 Å². The highest BCUT2D eigenvalue weighted by Gasteiger charge is 2.32. The molecular weight excluding hydrogens is 369 g/mol. The van der Waals surface area contributed by atoms with Crippen molar-refractivity contribution in [1.82, 2.24) is 10.2 Å². The summed E-state index contributed by atoms with van der Waals surface area (Å²) in [6.45, 7) is 0.779. The molecule has 1 heterocycles. The number of amides is 2. The third kappa shape index (κ3) is 5.49. The van der Waals surface area contributed by atoms with Gasteiger partial charge in [0.05, 0.1) is 11.6 Å².